The Labute approximate surface area is 397 Å². The fourth-order valence-corrected chi connectivity index (χ4v) is 7.86. The summed E-state index contributed by atoms with van der Waals surface area (Å²) >= 11 is 0. The number of carbonyl (C=O) groups is 3. The lowest BCUT2D eigenvalue weighted by Crippen LogP contribution is -2.30. The van der Waals surface area contributed by atoms with Crippen molar-refractivity contribution in [2.45, 2.75) is 290 Å². The second-order valence-corrected chi connectivity index (χ2v) is 18.5. The van der Waals surface area contributed by atoms with E-state index in [-0.39, 0.29) is 31.1 Å². The van der Waals surface area contributed by atoms with Gasteiger partial charge in [-0.1, -0.05) is 236 Å². The van der Waals surface area contributed by atoms with Gasteiger partial charge in [0.2, 0.25) is 0 Å². The minimum Gasteiger partial charge on any atom is -0.462 e. The van der Waals surface area contributed by atoms with Crippen molar-refractivity contribution in [1.82, 2.24) is 0 Å². The van der Waals surface area contributed by atoms with Crippen LogP contribution in [0.25, 0.3) is 0 Å². The van der Waals surface area contributed by atoms with Gasteiger partial charge < -0.3 is 14.2 Å². The van der Waals surface area contributed by atoms with Gasteiger partial charge in [-0.3, -0.25) is 14.4 Å². The molecule has 0 saturated heterocycles. The lowest BCUT2D eigenvalue weighted by atomic mass is 10.0. The van der Waals surface area contributed by atoms with Crippen LogP contribution in [0.2, 0.25) is 0 Å². The minimum absolute atomic E-state index is 0.0771. The monoisotopic (exact) mass is 897 g/mol. The van der Waals surface area contributed by atoms with Gasteiger partial charge in [0.15, 0.2) is 6.10 Å². The molecule has 0 saturated carbocycles. The highest BCUT2D eigenvalue weighted by Gasteiger charge is 2.19. The third-order valence-corrected chi connectivity index (χ3v) is 12.0. The zero-order valence-electron chi connectivity index (χ0n) is 42.6. The molecular formula is C58H104O6. The van der Waals surface area contributed by atoms with Crippen molar-refractivity contribution in [3.05, 3.63) is 48.6 Å². The Hall–Kier alpha value is -2.63. The van der Waals surface area contributed by atoms with Crippen LogP contribution in [-0.4, -0.2) is 37.2 Å². The number of ether oxygens (including phenoxy) is 3. The SMILES string of the molecule is CCC/C=C\C/C=C\CCCCCCCC(=O)OC(COC(=O)CCCCCCCCCCCC)COC(=O)CCCCCCCCCCCCC/C=C\C/C=C\CCCCCCC. The highest BCUT2D eigenvalue weighted by molar-refractivity contribution is 5.71. The predicted molar refractivity (Wildman–Crippen MR) is 275 cm³/mol. The van der Waals surface area contributed by atoms with Gasteiger partial charge in [-0.2, -0.15) is 0 Å². The zero-order chi connectivity index (χ0) is 46.5. The van der Waals surface area contributed by atoms with E-state index in [9.17, 15) is 14.4 Å². The molecule has 0 aromatic heterocycles. The molecule has 64 heavy (non-hydrogen) atoms. The molecule has 6 nitrogen and oxygen atoms in total. The number of carbonyl (C=O) groups excluding carboxylic acids is 3. The highest BCUT2D eigenvalue weighted by Crippen LogP contribution is 2.15. The summed E-state index contributed by atoms with van der Waals surface area (Å²) < 4.78 is 16.8. The van der Waals surface area contributed by atoms with Gasteiger partial charge in [-0.15, -0.1) is 0 Å². The second kappa shape index (κ2) is 53.0. The molecule has 0 spiro atoms. The van der Waals surface area contributed by atoms with Crippen LogP contribution < -0.4 is 0 Å². The molecule has 0 aliphatic carbocycles. The van der Waals surface area contributed by atoms with E-state index in [0.29, 0.717) is 19.3 Å². The van der Waals surface area contributed by atoms with Gasteiger partial charge >= 0.3 is 17.9 Å². The molecule has 0 amide bonds. The molecule has 0 bridgehead atoms. The molecule has 372 valence electrons. The van der Waals surface area contributed by atoms with Crippen molar-refractivity contribution in [2.24, 2.45) is 0 Å². The number of unbranched alkanes of at least 4 members (excludes halogenated alkanes) is 31. The number of allylic oxidation sites excluding steroid dienone is 8. The van der Waals surface area contributed by atoms with Gasteiger partial charge in [0.1, 0.15) is 13.2 Å². The first-order valence-corrected chi connectivity index (χ1v) is 27.6. The largest absolute Gasteiger partial charge is 0.462 e. The van der Waals surface area contributed by atoms with E-state index in [1.54, 1.807) is 0 Å². The topological polar surface area (TPSA) is 78.9 Å². The van der Waals surface area contributed by atoms with Gasteiger partial charge in [-0.05, 0) is 77.0 Å². The Morgan fingerprint density at radius 3 is 0.922 bits per heavy atom. The van der Waals surface area contributed by atoms with Crippen molar-refractivity contribution in [2.75, 3.05) is 13.2 Å². The van der Waals surface area contributed by atoms with E-state index in [0.717, 1.165) is 96.3 Å². The standard InChI is InChI=1S/C58H104O6/c1-4-7-10-13-16-19-22-24-25-26-27-28-29-30-31-32-33-35-36-39-42-45-48-51-57(60)63-54-55(53-62-56(59)50-47-44-41-38-21-18-15-12-9-6-3)64-58(61)52-49-46-43-40-37-34-23-20-17-14-11-8-5-2/h11,14,20,22-24,26-27,55H,4-10,12-13,15-19,21,25,28-54H2,1-3H3/b14-11-,23-20-,24-22-,27-26-. The molecule has 1 unspecified atom stereocenters. The Morgan fingerprint density at radius 2 is 0.594 bits per heavy atom. The van der Waals surface area contributed by atoms with Crippen molar-refractivity contribution in [1.29, 1.82) is 0 Å². The molecule has 0 aromatic rings. The minimum atomic E-state index is -0.777. The summed E-state index contributed by atoms with van der Waals surface area (Å²) in [7, 11) is 0. The molecular weight excluding hydrogens is 793 g/mol. The summed E-state index contributed by atoms with van der Waals surface area (Å²) in [4.78, 5) is 38.0. The van der Waals surface area contributed by atoms with Crippen LogP contribution in [0.1, 0.15) is 284 Å². The first kappa shape index (κ1) is 61.4. The van der Waals surface area contributed by atoms with Crippen LogP contribution in [0.4, 0.5) is 0 Å². The molecule has 0 heterocycles. The quantitative estimate of drug-likeness (QED) is 0.0262. The lowest BCUT2D eigenvalue weighted by Gasteiger charge is -2.18. The molecule has 0 fully saturated rings. The van der Waals surface area contributed by atoms with E-state index < -0.39 is 6.10 Å². The van der Waals surface area contributed by atoms with Crippen molar-refractivity contribution < 1.29 is 28.6 Å². The summed E-state index contributed by atoms with van der Waals surface area (Å²) in [6.45, 7) is 6.56. The third kappa shape index (κ3) is 50.4. The van der Waals surface area contributed by atoms with Crippen molar-refractivity contribution in [3.8, 4) is 0 Å². The smallest absolute Gasteiger partial charge is 0.306 e. The van der Waals surface area contributed by atoms with Crippen LogP contribution in [0, 0.1) is 0 Å². The Kier molecular flexibility index (Phi) is 50.8. The Bertz CT molecular complexity index is 1120. The van der Waals surface area contributed by atoms with Gasteiger partial charge in [0.25, 0.3) is 0 Å². The molecule has 0 aliphatic rings. The van der Waals surface area contributed by atoms with Gasteiger partial charge in [-0.25, -0.2) is 0 Å². The Morgan fingerprint density at radius 1 is 0.312 bits per heavy atom. The summed E-state index contributed by atoms with van der Waals surface area (Å²) in [6.07, 6.45) is 63.9. The summed E-state index contributed by atoms with van der Waals surface area (Å²) in [5.74, 6) is -0.886. The maximum Gasteiger partial charge on any atom is 0.306 e. The van der Waals surface area contributed by atoms with Crippen LogP contribution in [0.3, 0.4) is 0 Å². The van der Waals surface area contributed by atoms with E-state index in [2.05, 4.69) is 69.4 Å². The van der Waals surface area contributed by atoms with E-state index in [1.807, 2.05) is 0 Å². The second-order valence-electron chi connectivity index (χ2n) is 18.5. The Balaban J connectivity index is 4.24. The van der Waals surface area contributed by atoms with E-state index in [1.165, 1.54) is 148 Å². The fourth-order valence-electron chi connectivity index (χ4n) is 7.86. The first-order valence-electron chi connectivity index (χ1n) is 27.6. The highest BCUT2D eigenvalue weighted by atomic mass is 16.6. The molecule has 0 aromatic carbocycles. The van der Waals surface area contributed by atoms with Crippen molar-refractivity contribution >= 4 is 17.9 Å². The molecule has 0 N–H and O–H groups in total. The maximum atomic E-state index is 12.8. The zero-order valence-corrected chi connectivity index (χ0v) is 42.6. The normalized spacial score (nSPS) is 12.4. The average Bonchev–Trinajstić information content (AvgIpc) is 3.29. The number of esters is 3. The fraction of sp³-hybridized carbons (Fsp3) is 0.810. The van der Waals surface area contributed by atoms with Crippen LogP contribution in [0.15, 0.2) is 48.6 Å². The number of hydrogen-bond acceptors (Lipinski definition) is 6. The average molecular weight is 897 g/mol. The van der Waals surface area contributed by atoms with E-state index >= 15 is 0 Å². The maximum absolute atomic E-state index is 12.8. The van der Waals surface area contributed by atoms with Crippen LogP contribution in [0.5, 0.6) is 0 Å². The van der Waals surface area contributed by atoms with Gasteiger partial charge in [0.05, 0.1) is 0 Å². The first-order chi connectivity index (χ1) is 31.5. The molecule has 1 atom stereocenters. The third-order valence-electron chi connectivity index (χ3n) is 12.0. The van der Waals surface area contributed by atoms with Gasteiger partial charge in [0, 0.05) is 19.3 Å². The van der Waals surface area contributed by atoms with Crippen LogP contribution in [-0.2, 0) is 28.6 Å². The molecule has 6 heteroatoms. The van der Waals surface area contributed by atoms with Crippen molar-refractivity contribution in [3.63, 3.8) is 0 Å². The molecule has 0 rings (SSSR count). The molecule has 0 aliphatic heterocycles. The summed E-state index contributed by atoms with van der Waals surface area (Å²) in [5, 5.41) is 0. The number of hydrogen-bond donors (Lipinski definition) is 0. The number of rotatable bonds is 50. The molecule has 0 radical (unpaired) electrons. The van der Waals surface area contributed by atoms with Crippen LogP contribution >= 0.6 is 0 Å². The van der Waals surface area contributed by atoms with E-state index in [4.69, 9.17) is 14.2 Å². The summed E-state index contributed by atoms with van der Waals surface area (Å²) in [5.41, 5.74) is 0. The predicted octanol–water partition coefficient (Wildman–Crippen LogP) is 18.3. The summed E-state index contributed by atoms with van der Waals surface area (Å²) in [6, 6.07) is 0. The lowest BCUT2D eigenvalue weighted by molar-refractivity contribution is -0.167.